The Balaban J connectivity index is 1.51. The smallest absolute Gasteiger partial charge is 0.240 e. The van der Waals surface area contributed by atoms with Gasteiger partial charge in [-0.25, -0.2) is 13.1 Å². The van der Waals surface area contributed by atoms with Crippen LogP contribution in [0.5, 0.6) is 0 Å². The molecular weight excluding hydrogens is 336 g/mol. The molecular formula is C19H28N2O3S. The number of amides is 1. The number of carbonyl (C=O) groups is 1. The number of hydrogen-bond donors (Lipinski definition) is 2. The molecule has 2 aliphatic carbocycles. The molecule has 0 radical (unpaired) electrons. The van der Waals surface area contributed by atoms with Gasteiger partial charge in [-0.1, -0.05) is 39.0 Å². The zero-order valence-corrected chi connectivity index (χ0v) is 16.0. The minimum atomic E-state index is -3.55. The van der Waals surface area contributed by atoms with Crippen molar-refractivity contribution >= 4 is 15.9 Å². The zero-order valence-electron chi connectivity index (χ0n) is 15.2. The molecule has 0 aromatic heterocycles. The fourth-order valence-electron chi connectivity index (χ4n) is 4.67. The Morgan fingerprint density at radius 3 is 2.44 bits per heavy atom. The van der Waals surface area contributed by atoms with Crippen molar-refractivity contribution in [3.8, 4) is 0 Å². The van der Waals surface area contributed by atoms with Gasteiger partial charge in [0.2, 0.25) is 15.9 Å². The normalized spacial score (nSPS) is 30.4. The average Bonchev–Trinajstić information content (AvgIpc) is 2.89. The Bertz CT molecular complexity index is 745. The van der Waals surface area contributed by atoms with Gasteiger partial charge in [-0.2, -0.15) is 0 Å². The van der Waals surface area contributed by atoms with Gasteiger partial charge < -0.3 is 5.32 Å². The van der Waals surface area contributed by atoms with E-state index >= 15 is 0 Å². The molecule has 1 aromatic rings. The number of sulfonamides is 1. The van der Waals surface area contributed by atoms with Crippen LogP contribution in [0.2, 0.25) is 0 Å². The first-order valence-electron chi connectivity index (χ1n) is 9.01. The van der Waals surface area contributed by atoms with E-state index in [1.807, 2.05) is 0 Å². The Labute approximate surface area is 150 Å². The Kier molecular flexibility index (Phi) is 4.71. The molecule has 3 unspecified atom stereocenters. The topological polar surface area (TPSA) is 75.3 Å². The molecule has 2 bridgehead atoms. The summed E-state index contributed by atoms with van der Waals surface area (Å²) in [6.45, 7) is 7.01. The van der Waals surface area contributed by atoms with Crippen molar-refractivity contribution in [3.63, 3.8) is 0 Å². The second kappa shape index (κ2) is 6.40. The van der Waals surface area contributed by atoms with Gasteiger partial charge in [0.15, 0.2) is 0 Å². The summed E-state index contributed by atoms with van der Waals surface area (Å²) in [5.74, 6) is 0.588. The summed E-state index contributed by atoms with van der Waals surface area (Å²) in [7, 11) is -3.55. The van der Waals surface area contributed by atoms with Gasteiger partial charge in [-0.3, -0.25) is 4.79 Å². The van der Waals surface area contributed by atoms with Crippen LogP contribution in [-0.4, -0.2) is 26.9 Å². The van der Waals surface area contributed by atoms with Gasteiger partial charge in [0.05, 0.1) is 4.90 Å². The quantitative estimate of drug-likeness (QED) is 0.815. The van der Waals surface area contributed by atoms with Gasteiger partial charge in [0.1, 0.15) is 0 Å². The van der Waals surface area contributed by atoms with Gasteiger partial charge in [-0.15, -0.1) is 0 Å². The maximum atomic E-state index is 12.3. The van der Waals surface area contributed by atoms with Crippen molar-refractivity contribution in [1.82, 2.24) is 10.0 Å². The van der Waals surface area contributed by atoms with Crippen molar-refractivity contribution in [2.75, 3.05) is 6.54 Å². The van der Waals surface area contributed by atoms with Gasteiger partial charge >= 0.3 is 0 Å². The SMILES string of the molecule is CC1(C)C2CCC1(C)C(NC(=O)CCNS(=O)(=O)c1ccccc1)C2. The van der Waals surface area contributed by atoms with Gasteiger partial charge in [0, 0.05) is 19.0 Å². The highest BCUT2D eigenvalue weighted by molar-refractivity contribution is 7.89. The molecule has 3 rings (SSSR count). The maximum absolute atomic E-state index is 12.3. The molecule has 2 N–H and O–H groups in total. The second-order valence-electron chi connectivity index (χ2n) is 8.19. The average molecular weight is 365 g/mol. The summed E-state index contributed by atoms with van der Waals surface area (Å²) in [5, 5.41) is 3.16. The zero-order chi connectivity index (χ0) is 18.3. The lowest BCUT2D eigenvalue weighted by molar-refractivity contribution is -0.122. The van der Waals surface area contributed by atoms with Crippen LogP contribution in [0.15, 0.2) is 35.2 Å². The third kappa shape index (κ3) is 3.22. The fourth-order valence-corrected chi connectivity index (χ4v) is 5.72. The van der Waals surface area contributed by atoms with Crippen LogP contribution in [0.4, 0.5) is 0 Å². The van der Waals surface area contributed by atoms with Crippen molar-refractivity contribution < 1.29 is 13.2 Å². The van der Waals surface area contributed by atoms with Crippen LogP contribution in [0.1, 0.15) is 46.5 Å². The Morgan fingerprint density at radius 2 is 1.88 bits per heavy atom. The molecule has 1 amide bonds. The molecule has 0 aliphatic heterocycles. The van der Waals surface area contributed by atoms with Crippen LogP contribution in [-0.2, 0) is 14.8 Å². The highest BCUT2D eigenvalue weighted by Gasteiger charge is 2.61. The summed E-state index contributed by atoms with van der Waals surface area (Å²) in [4.78, 5) is 12.5. The highest BCUT2D eigenvalue weighted by atomic mass is 32.2. The number of hydrogen-bond acceptors (Lipinski definition) is 3. The first-order valence-corrected chi connectivity index (χ1v) is 10.5. The summed E-state index contributed by atoms with van der Waals surface area (Å²) < 4.78 is 26.8. The molecule has 1 aromatic carbocycles. The highest BCUT2D eigenvalue weighted by Crippen LogP contribution is 2.65. The van der Waals surface area contributed by atoms with E-state index in [1.165, 1.54) is 6.42 Å². The van der Waals surface area contributed by atoms with E-state index in [0.717, 1.165) is 12.8 Å². The van der Waals surface area contributed by atoms with E-state index in [2.05, 4.69) is 30.8 Å². The van der Waals surface area contributed by atoms with Crippen molar-refractivity contribution in [1.29, 1.82) is 0 Å². The lowest BCUT2D eigenvalue weighted by Gasteiger charge is -2.39. The van der Waals surface area contributed by atoms with Crippen molar-refractivity contribution in [2.45, 2.75) is 57.4 Å². The monoisotopic (exact) mass is 364 g/mol. The van der Waals surface area contributed by atoms with E-state index in [4.69, 9.17) is 0 Å². The van der Waals surface area contributed by atoms with E-state index in [9.17, 15) is 13.2 Å². The largest absolute Gasteiger partial charge is 0.353 e. The molecule has 2 saturated carbocycles. The second-order valence-corrected chi connectivity index (χ2v) is 9.96. The van der Waals surface area contributed by atoms with Crippen LogP contribution in [0, 0.1) is 16.7 Å². The minimum Gasteiger partial charge on any atom is -0.353 e. The summed E-state index contributed by atoms with van der Waals surface area (Å²) in [6.07, 6.45) is 3.58. The summed E-state index contributed by atoms with van der Waals surface area (Å²) >= 11 is 0. The first-order chi connectivity index (χ1) is 11.7. The molecule has 2 fully saturated rings. The lowest BCUT2D eigenvalue weighted by Crippen LogP contribution is -2.47. The third-order valence-electron chi connectivity index (χ3n) is 6.83. The van der Waals surface area contributed by atoms with Crippen molar-refractivity contribution in [2.24, 2.45) is 16.7 Å². The number of fused-ring (bicyclic) bond motifs is 2. The molecule has 2 aliphatic rings. The summed E-state index contributed by atoms with van der Waals surface area (Å²) in [6, 6.07) is 8.41. The van der Waals surface area contributed by atoms with Crippen LogP contribution < -0.4 is 10.0 Å². The van der Waals surface area contributed by atoms with Crippen molar-refractivity contribution in [3.05, 3.63) is 30.3 Å². The maximum Gasteiger partial charge on any atom is 0.240 e. The van der Waals surface area contributed by atoms with Gasteiger partial charge in [-0.05, 0) is 48.1 Å². The van der Waals surface area contributed by atoms with E-state index < -0.39 is 10.0 Å². The number of rotatable bonds is 6. The fraction of sp³-hybridized carbons (Fsp3) is 0.632. The molecule has 25 heavy (non-hydrogen) atoms. The van der Waals surface area contributed by atoms with Gasteiger partial charge in [0.25, 0.3) is 0 Å². The number of carbonyl (C=O) groups excluding carboxylic acids is 1. The Hall–Kier alpha value is -1.40. The van der Waals surface area contributed by atoms with Crippen LogP contribution in [0.25, 0.3) is 0 Å². The molecule has 0 heterocycles. The number of nitrogens with one attached hydrogen (secondary N) is 2. The minimum absolute atomic E-state index is 0.0784. The third-order valence-corrected chi connectivity index (χ3v) is 8.30. The molecule has 5 nitrogen and oxygen atoms in total. The van der Waals surface area contributed by atoms with Crippen LogP contribution >= 0.6 is 0 Å². The van der Waals surface area contributed by atoms with Crippen LogP contribution in [0.3, 0.4) is 0 Å². The first kappa shape index (κ1) is 18.4. The molecule has 0 saturated heterocycles. The molecule has 3 atom stereocenters. The predicted molar refractivity (Wildman–Crippen MR) is 97.4 cm³/mol. The van der Waals surface area contributed by atoms with E-state index in [0.29, 0.717) is 5.92 Å². The number of benzene rings is 1. The molecule has 6 heteroatoms. The predicted octanol–water partition coefficient (Wildman–Crippen LogP) is 2.69. The van der Waals surface area contributed by atoms with E-state index in [-0.39, 0.29) is 40.6 Å². The molecule has 0 spiro atoms. The standard InChI is InChI=1S/C19H28N2O3S/c1-18(2)14-9-11-19(18,3)16(13-14)21-17(22)10-12-20-25(23,24)15-7-5-4-6-8-15/h4-8,14,16,20H,9-13H2,1-3H3,(H,21,22). The summed E-state index contributed by atoms with van der Waals surface area (Å²) in [5.41, 5.74) is 0.386. The Morgan fingerprint density at radius 1 is 1.20 bits per heavy atom. The molecule has 138 valence electrons. The lowest BCUT2D eigenvalue weighted by atomic mass is 9.69. The van der Waals surface area contributed by atoms with E-state index in [1.54, 1.807) is 30.3 Å².